The zero-order chi connectivity index (χ0) is 22.9. The first-order valence-electron chi connectivity index (χ1n) is 11.5. The minimum atomic E-state index is -0.862. The summed E-state index contributed by atoms with van der Waals surface area (Å²) in [6.07, 6.45) is 11.3. The van der Waals surface area contributed by atoms with E-state index in [9.17, 15) is 9.59 Å². The number of thiazole rings is 1. The summed E-state index contributed by atoms with van der Waals surface area (Å²) in [6.45, 7) is 2.87. The lowest BCUT2D eigenvalue weighted by Gasteiger charge is -2.42. The fraction of sp³-hybridized carbons (Fsp3) is 0.773. The molecule has 0 aliphatic heterocycles. The molecule has 1 aromatic heterocycles. The molecule has 3 rings (SSSR count). The molecule has 0 bridgehead atoms. The molecule has 0 radical (unpaired) electrons. The number of amides is 2. The number of nitrogens with one attached hydrogen (secondary N) is 1. The molecule has 2 amide bonds. The molecule has 180 valence electrons. The minimum Gasteiger partial charge on any atom is -0.480 e. The molecular weight excluding hydrogens is 450 g/mol. The average Bonchev–Trinajstić information content (AvgIpc) is 3.22. The van der Waals surface area contributed by atoms with Gasteiger partial charge in [-0.2, -0.15) is 0 Å². The van der Waals surface area contributed by atoms with E-state index in [1.165, 1.54) is 29.5 Å². The van der Waals surface area contributed by atoms with Crippen molar-refractivity contribution in [2.45, 2.75) is 92.4 Å². The first-order valence-corrected chi connectivity index (χ1v) is 13.2. The molecule has 2 N–H and O–H groups in total. The van der Waals surface area contributed by atoms with Crippen LogP contribution in [0.2, 0.25) is 0 Å². The number of anilines is 1. The highest BCUT2D eigenvalue weighted by Gasteiger charge is 2.35. The smallest absolute Gasteiger partial charge is 0.324 e. The third kappa shape index (κ3) is 7.33. The van der Waals surface area contributed by atoms with Gasteiger partial charge in [-0.05, 0) is 45.4 Å². The summed E-state index contributed by atoms with van der Waals surface area (Å²) in [5.74, 6) is -0.862. The predicted molar refractivity (Wildman–Crippen MR) is 127 cm³/mol. The molecule has 0 saturated heterocycles. The highest BCUT2D eigenvalue weighted by Crippen LogP contribution is 2.34. The molecule has 2 aliphatic carbocycles. The van der Waals surface area contributed by atoms with E-state index in [1.54, 1.807) is 20.2 Å². The molecule has 10 heteroatoms. The standard InChI is InChI=1S/C22H35N3O5S2/c1-15(20(26)27)31-19-14-23-21(32-19)24-22(28)25(16-6-4-3-5-7-16)17-8-10-18(11-9-17)30-13-12-29-2/h14-18H,3-13H2,1-2H3,(H,26,27)(H,23,24,28). The average molecular weight is 486 g/mol. The topological polar surface area (TPSA) is 101 Å². The van der Waals surface area contributed by atoms with Gasteiger partial charge in [0.25, 0.3) is 0 Å². The Bertz CT molecular complexity index is 733. The summed E-state index contributed by atoms with van der Waals surface area (Å²) < 4.78 is 11.8. The van der Waals surface area contributed by atoms with Crippen molar-refractivity contribution in [3.05, 3.63) is 6.20 Å². The fourth-order valence-electron chi connectivity index (χ4n) is 4.53. The molecule has 0 spiro atoms. The number of carboxylic acids is 1. The maximum Gasteiger partial charge on any atom is 0.324 e. The number of aliphatic carboxylic acids is 1. The van der Waals surface area contributed by atoms with Crippen LogP contribution in [-0.2, 0) is 14.3 Å². The SMILES string of the molecule is COCCOC1CCC(N(C(=O)Nc2ncc(SC(C)C(=O)O)s2)C2CCCCC2)CC1. The Kier molecular flexibility index (Phi) is 10.1. The number of rotatable bonds is 10. The van der Waals surface area contributed by atoms with Gasteiger partial charge in [-0.15, -0.1) is 0 Å². The van der Waals surface area contributed by atoms with Gasteiger partial charge in [0.15, 0.2) is 5.13 Å². The van der Waals surface area contributed by atoms with Crippen LogP contribution in [-0.4, -0.2) is 70.8 Å². The van der Waals surface area contributed by atoms with Crippen LogP contribution < -0.4 is 5.32 Å². The first kappa shape index (κ1) is 25.3. The molecule has 1 unspecified atom stereocenters. The predicted octanol–water partition coefficient (Wildman–Crippen LogP) is 4.85. The van der Waals surface area contributed by atoms with Crippen LogP contribution in [0.5, 0.6) is 0 Å². The van der Waals surface area contributed by atoms with Crippen LogP contribution >= 0.6 is 23.1 Å². The number of nitrogens with zero attached hydrogens (tertiary/aromatic N) is 2. The largest absolute Gasteiger partial charge is 0.480 e. The number of methoxy groups -OCH3 is 1. The normalized spacial score (nSPS) is 22.9. The quantitative estimate of drug-likeness (QED) is 0.361. The molecule has 0 aromatic carbocycles. The number of aromatic nitrogens is 1. The van der Waals surface area contributed by atoms with E-state index < -0.39 is 11.2 Å². The molecule has 2 aliphatic rings. The molecule has 32 heavy (non-hydrogen) atoms. The van der Waals surface area contributed by atoms with Crippen molar-refractivity contribution in [2.75, 3.05) is 25.6 Å². The van der Waals surface area contributed by atoms with E-state index in [2.05, 4.69) is 15.2 Å². The number of hydrogen-bond donors (Lipinski definition) is 2. The van der Waals surface area contributed by atoms with Crippen molar-refractivity contribution in [2.24, 2.45) is 0 Å². The maximum atomic E-state index is 13.4. The molecule has 1 atom stereocenters. The number of carbonyl (C=O) groups is 2. The second-order valence-electron chi connectivity index (χ2n) is 8.51. The first-order chi connectivity index (χ1) is 15.5. The van der Waals surface area contributed by atoms with Gasteiger partial charge in [0.1, 0.15) is 5.25 Å². The van der Waals surface area contributed by atoms with Crippen molar-refractivity contribution in [3.63, 3.8) is 0 Å². The number of thioether (sulfide) groups is 1. The van der Waals surface area contributed by atoms with Crippen molar-refractivity contribution >= 4 is 40.2 Å². The van der Waals surface area contributed by atoms with Crippen molar-refractivity contribution in [3.8, 4) is 0 Å². The highest BCUT2D eigenvalue weighted by molar-refractivity contribution is 8.02. The summed E-state index contributed by atoms with van der Waals surface area (Å²) in [5, 5.41) is 12.1. The highest BCUT2D eigenvalue weighted by atomic mass is 32.2. The molecule has 2 fully saturated rings. The molecular formula is C22H35N3O5S2. The Morgan fingerprint density at radius 1 is 1.19 bits per heavy atom. The van der Waals surface area contributed by atoms with E-state index >= 15 is 0 Å². The van der Waals surface area contributed by atoms with Crippen molar-refractivity contribution in [1.82, 2.24) is 9.88 Å². The van der Waals surface area contributed by atoms with Gasteiger partial charge >= 0.3 is 12.0 Å². The van der Waals surface area contributed by atoms with Crippen LogP contribution in [0.4, 0.5) is 9.93 Å². The van der Waals surface area contributed by atoms with Gasteiger partial charge in [-0.25, -0.2) is 9.78 Å². The summed E-state index contributed by atoms with van der Waals surface area (Å²) >= 11 is 2.57. The number of carbonyl (C=O) groups excluding carboxylic acids is 1. The van der Waals surface area contributed by atoms with Gasteiger partial charge in [0.05, 0.1) is 29.7 Å². The molecule has 1 heterocycles. The number of ether oxygens (including phenoxy) is 2. The summed E-state index contributed by atoms with van der Waals surface area (Å²) in [5.41, 5.74) is 0. The Morgan fingerprint density at radius 2 is 1.88 bits per heavy atom. The van der Waals surface area contributed by atoms with E-state index in [0.717, 1.165) is 55.6 Å². The fourth-order valence-corrected chi connectivity index (χ4v) is 6.49. The monoisotopic (exact) mass is 485 g/mol. The lowest BCUT2D eigenvalue weighted by Crippen LogP contribution is -2.51. The van der Waals surface area contributed by atoms with Crippen LogP contribution in [0, 0.1) is 0 Å². The summed E-state index contributed by atoms with van der Waals surface area (Å²) in [6, 6.07) is 0.389. The Morgan fingerprint density at radius 3 is 2.53 bits per heavy atom. The summed E-state index contributed by atoms with van der Waals surface area (Å²) in [7, 11) is 1.68. The van der Waals surface area contributed by atoms with Crippen LogP contribution in [0.1, 0.15) is 64.7 Å². The zero-order valence-corrected chi connectivity index (χ0v) is 20.6. The molecule has 2 saturated carbocycles. The van der Waals surface area contributed by atoms with Gasteiger partial charge in [-0.3, -0.25) is 10.1 Å². The van der Waals surface area contributed by atoms with Crippen molar-refractivity contribution < 1.29 is 24.2 Å². The second kappa shape index (κ2) is 12.8. The zero-order valence-electron chi connectivity index (χ0n) is 19.0. The van der Waals surface area contributed by atoms with Gasteiger partial charge in [0.2, 0.25) is 0 Å². The number of carboxylic acid groups (broad SMARTS) is 1. The minimum absolute atomic E-state index is 0.0853. The number of hydrogen-bond acceptors (Lipinski definition) is 7. The second-order valence-corrected chi connectivity index (χ2v) is 11.2. The lowest BCUT2D eigenvalue weighted by atomic mass is 9.88. The third-order valence-corrected chi connectivity index (χ3v) is 8.36. The van der Waals surface area contributed by atoms with Gasteiger partial charge < -0.3 is 19.5 Å². The van der Waals surface area contributed by atoms with Crippen LogP contribution in [0.3, 0.4) is 0 Å². The van der Waals surface area contributed by atoms with Gasteiger partial charge in [-0.1, -0.05) is 42.4 Å². The Hall–Kier alpha value is -1.36. The summed E-state index contributed by atoms with van der Waals surface area (Å²) in [4.78, 5) is 30.9. The third-order valence-electron chi connectivity index (χ3n) is 6.22. The van der Waals surface area contributed by atoms with E-state index in [4.69, 9.17) is 14.6 Å². The van der Waals surface area contributed by atoms with E-state index in [-0.39, 0.29) is 24.2 Å². The van der Waals surface area contributed by atoms with Crippen molar-refractivity contribution in [1.29, 1.82) is 0 Å². The molecule has 1 aromatic rings. The van der Waals surface area contributed by atoms with Gasteiger partial charge in [0, 0.05) is 19.2 Å². The molecule has 8 nitrogen and oxygen atoms in total. The van der Waals surface area contributed by atoms with E-state index in [0.29, 0.717) is 18.3 Å². The number of urea groups is 1. The van der Waals surface area contributed by atoms with E-state index in [1.807, 2.05) is 0 Å². The Labute approximate surface area is 198 Å². The lowest BCUT2D eigenvalue weighted by molar-refractivity contribution is -0.136. The Balaban J connectivity index is 1.61. The van der Waals surface area contributed by atoms with Crippen LogP contribution in [0.15, 0.2) is 10.4 Å². The maximum absolute atomic E-state index is 13.4. The van der Waals surface area contributed by atoms with Crippen LogP contribution in [0.25, 0.3) is 0 Å².